The Morgan fingerprint density at radius 1 is 0.582 bits per heavy atom. The van der Waals surface area contributed by atoms with Crippen molar-refractivity contribution in [3.63, 3.8) is 0 Å². The van der Waals surface area contributed by atoms with E-state index in [9.17, 15) is 24.2 Å². The van der Waals surface area contributed by atoms with Crippen molar-refractivity contribution in [3.8, 4) is 0 Å². The van der Waals surface area contributed by atoms with Crippen LogP contribution in [-0.2, 0) is 32.7 Å². The van der Waals surface area contributed by atoms with Crippen LogP contribution in [0.2, 0.25) is 0 Å². The lowest BCUT2D eigenvalue weighted by atomic mass is 10.0. The molecule has 324 valence electrons. The minimum Gasteiger partial charge on any atom is -0.462 e. The average molecular weight is 803 g/mol. The molecule has 55 heavy (non-hydrogen) atoms. The third-order valence-electron chi connectivity index (χ3n) is 9.72. The zero-order valence-corrected chi connectivity index (χ0v) is 35.9. The highest BCUT2D eigenvalue weighted by molar-refractivity contribution is 7.47. The normalized spacial score (nSPS) is 13.8. The second-order valence-electron chi connectivity index (χ2n) is 15.2. The molecule has 0 fully saturated rings. The number of allylic oxidation sites excluding steroid dienone is 3. The second kappa shape index (κ2) is 40.6. The van der Waals surface area contributed by atoms with Crippen LogP contribution < -0.4 is 0 Å². The van der Waals surface area contributed by atoms with E-state index in [-0.39, 0.29) is 19.4 Å². The number of hydrogen-bond acceptors (Lipinski definition) is 9. The van der Waals surface area contributed by atoms with E-state index in [0.29, 0.717) is 12.8 Å². The van der Waals surface area contributed by atoms with Crippen LogP contribution in [0.1, 0.15) is 206 Å². The van der Waals surface area contributed by atoms with Gasteiger partial charge in [0.2, 0.25) is 0 Å². The molecular weight excluding hydrogens is 719 g/mol. The van der Waals surface area contributed by atoms with Gasteiger partial charge in [0, 0.05) is 12.8 Å². The molecule has 11 heteroatoms. The van der Waals surface area contributed by atoms with Crippen LogP contribution in [0.25, 0.3) is 0 Å². The first-order valence-corrected chi connectivity index (χ1v) is 23.7. The Balaban J connectivity index is 4.24. The summed E-state index contributed by atoms with van der Waals surface area (Å²) < 4.78 is 32.7. The molecule has 0 heterocycles. The van der Waals surface area contributed by atoms with Gasteiger partial charge in [-0.05, 0) is 51.4 Å². The maximum absolute atomic E-state index is 12.6. The van der Waals surface area contributed by atoms with Gasteiger partial charge in [0.1, 0.15) is 12.7 Å². The standard InChI is InChI=1S/C44H83O10P/c1-3-5-7-9-11-13-15-17-19-20-22-23-25-27-29-31-33-35-43(47)51-39-42(40-53-55(49,50)52-38-41(46)37-45)54-44(48)36-34-32-30-28-26-24-21-18-16-14-12-10-8-6-4-2/h4,13,15,41-42,45-46H,2-3,5-12,14,16-40H2,1H3,(H,49,50)/b15-13+/t41-,42+/m0/s1. The maximum atomic E-state index is 12.6. The van der Waals surface area contributed by atoms with E-state index in [2.05, 4.69) is 25.7 Å². The van der Waals surface area contributed by atoms with E-state index in [1.165, 1.54) is 128 Å². The summed E-state index contributed by atoms with van der Waals surface area (Å²) in [7, 11) is -4.61. The number of aliphatic hydroxyl groups is 2. The van der Waals surface area contributed by atoms with Crippen molar-refractivity contribution < 1.29 is 47.8 Å². The molecule has 0 aromatic rings. The predicted molar refractivity (Wildman–Crippen MR) is 224 cm³/mol. The summed E-state index contributed by atoms with van der Waals surface area (Å²) >= 11 is 0. The highest BCUT2D eigenvalue weighted by Crippen LogP contribution is 2.43. The van der Waals surface area contributed by atoms with Crippen molar-refractivity contribution in [1.29, 1.82) is 0 Å². The highest BCUT2D eigenvalue weighted by atomic mass is 31.2. The Hall–Kier alpha value is -1.55. The highest BCUT2D eigenvalue weighted by Gasteiger charge is 2.27. The zero-order valence-electron chi connectivity index (χ0n) is 35.0. The van der Waals surface area contributed by atoms with Crippen LogP contribution in [-0.4, -0.2) is 65.7 Å². The lowest BCUT2D eigenvalue weighted by Gasteiger charge is -2.20. The Morgan fingerprint density at radius 3 is 1.44 bits per heavy atom. The molecule has 0 bridgehead atoms. The Kier molecular flexibility index (Phi) is 39.5. The molecule has 3 atom stereocenters. The summed E-state index contributed by atoms with van der Waals surface area (Å²) in [6.45, 7) is 3.91. The molecular formula is C44H83O10P. The fourth-order valence-corrected chi connectivity index (χ4v) is 7.05. The SMILES string of the molecule is C=CCCCCCCCCCCCCCCCC(=O)O[C@H](COC(=O)CCCCCCCCCCC/C=C/CCCCCC)COP(=O)(O)OC[C@@H](O)CO. The van der Waals surface area contributed by atoms with E-state index in [0.717, 1.165) is 44.9 Å². The summed E-state index contributed by atoms with van der Waals surface area (Å²) in [6.07, 6.45) is 38.9. The van der Waals surface area contributed by atoms with Crippen molar-refractivity contribution in [1.82, 2.24) is 0 Å². The van der Waals surface area contributed by atoms with E-state index in [4.69, 9.17) is 23.6 Å². The average Bonchev–Trinajstić information content (AvgIpc) is 3.17. The van der Waals surface area contributed by atoms with Gasteiger partial charge in [-0.3, -0.25) is 18.6 Å². The molecule has 3 N–H and O–H groups in total. The molecule has 1 unspecified atom stereocenters. The van der Waals surface area contributed by atoms with Gasteiger partial charge in [-0.1, -0.05) is 160 Å². The Labute approximate surface area is 336 Å². The van der Waals surface area contributed by atoms with Gasteiger partial charge in [0.05, 0.1) is 19.8 Å². The number of rotatable bonds is 43. The minimum atomic E-state index is -4.61. The number of esters is 2. The van der Waals surface area contributed by atoms with Gasteiger partial charge in [0.25, 0.3) is 0 Å². The van der Waals surface area contributed by atoms with Crippen molar-refractivity contribution in [2.45, 2.75) is 218 Å². The van der Waals surface area contributed by atoms with Gasteiger partial charge < -0.3 is 24.6 Å². The fourth-order valence-electron chi connectivity index (χ4n) is 6.26. The van der Waals surface area contributed by atoms with Crippen LogP contribution in [0.5, 0.6) is 0 Å². The number of unbranched alkanes of at least 4 members (excludes halogenated alkanes) is 26. The van der Waals surface area contributed by atoms with Gasteiger partial charge in [-0.15, -0.1) is 6.58 Å². The summed E-state index contributed by atoms with van der Waals surface area (Å²) in [6, 6.07) is 0. The maximum Gasteiger partial charge on any atom is 0.472 e. The van der Waals surface area contributed by atoms with Crippen molar-refractivity contribution in [2.75, 3.05) is 26.4 Å². The lowest BCUT2D eigenvalue weighted by molar-refractivity contribution is -0.161. The lowest BCUT2D eigenvalue weighted by Crippen LogP contribution is -2.29. The quantitative estimate of drug-likeness (QED) is 0.0235. The fraction of sp³-hybridized carbons (Fsp3) is 0.864. The first kappa shape index (κ1) is 53.5. The van der Waals surface area contributed by atoms with Crippen LogP contribution in [0.3, 0.4) is 0 Å². The largest absolute Gasteiger partial charge is 0.472 e. The van der Waals surface area contributed by atoms with E-state index >= 15 is 0 Å². The number of hydrogen-bond donors (Lipinski definition) is 3. The summed E-state index contributed by atoms with van der Waals surface area (Å²) in [4.78, 5) is 35.0. The smallest absolute Gasteiger partial charge is 0.462 e. The molecule has 0 saturated heterocycles. The number of carbonyl (C=O) groups is 2. The molecule has 0 spiro atoms. The van der Waals surface area contributed by atoms with Crippen LogP contribution in [0.15, 0.2) is 24.8 Å². The summed E-state index contributed by atoms with van der Waals surface area (Å²) in [5.74, 6) is -0.923. The number of aliphatic hydroxyl groups excluding tert-OH is 2. The van der Waals surface area contributed by atoms with Crippen LogP contribution >= 0.6 is 7.82 Å². The van der Waals surface area contributed by atoms with E-state index in [1.807, 2.05) is 6.08 Å². The topological polar surface area (TPSA) is 149 Å². The molecule has 0 aromatic carbocycles. The van der Waals surface area contributed by atoms with Gasteiger partial charge >= 0.3 is 19.8 Å². The van der Waals surface area contributed by atoms with E-state index in [1.54, 1.807) is 0 Å². The van der Waals surface area contributed by atoms with Gasteiger partial charge in [-0.25, -0.2) is 4.57 Å². The van der Waals surface area contributed by atoms with Gasteiger partial charge in [-0.2, -0.15) is 0 Å². The van der Waals surface area contributed by atoms with Crippen molar-refractivity contribution >= 4 is 19.8 Å². The molecule has 0 aliphatic heterocycles. The second-order valence-corrected chi connectivity index (χ2v) is 16.6. The van der Waals surface area contributed by atoms with Crippen LogP contribution in [0.4, 0.5) is 0 Å². The van der Waals surface area contributed by atoms with E-state index < -0.39 is 51.8 Å². The number of ether oxygens (including phenoxy) is 2. The summed E-state index contributed by atoms with van der Waals surface area (Å²) in [5.41, 5.74) is 0. The first-order valence-electron chi connectivity index (χ1n) is 22.3. The Bertz CT molecular complexity index is 959. The molecule has 0 aliphatic rings. The molecule has 0 amide bonds. The third-order valence-corrected chi connectivity index (χ3v) is 10.7. The predicted octanol–water partition coefficient (Wildman–Crippen LogP) is 11.8. The summed E-state index contributed by atoms with van der Waals surface area (Å²) in [5, 5.41) is 18.3. The zero-order chi connectivity index (χ0) is 40.5. The molecule has 0 saturated carbocycles. The molecule has 0 aliphatic carbocycles. The number of phosphoric acid groups is 1. The minimum absolute atomic E-state index is 0.184. The first-order chi connectivity index (χ1) is 26.7. The van der Waals surface area contributed by atoms with Crippen LogP contribution in [0, 0.1) is 0 Å². The Morgan fingerprint density at radius 2 is 0.982 bits per heavy atom. The third kappa shape index (κ3) is 40.4. The molecule has 0 radical (unpaired) electrons. The number of carbonyl (C=O) groups excluding carboxylic acids is 2. The van der Waals surface area contributed by atoms with Crippen molar-refractivity contribution in [3.05, 3.63) is 24.8 Å². The van der Waals surface area contributed by atoms with Crippen molar-refractivity contribution in [2.24, 2.45) is 0 Å². The number of phosphoric ester groups is 1. The van der Waals surface area contributed by atoms with Gasteiger partial charge in [0.15, 0.2) is 6.10 Å². The molecule has 0 rings (SSSR count). The molecule has 10 nitrogen and oxygen atoms in total. The monoisotopic (exact) mass is 803 g/mol. The molecule has 0 aromatic heterocycles.